The zero-order chi connectivity index (χ0) is 32.6. The topological polar surface area (TPSA) is 88.6 Å². The highest BCUT2D eigenvalue weighted by molar-refractivity contribution is 6.08. The van der Waals surface area contributed by atoms with E-state index >= 15 is 0 Å². The van der Waals surface area contributed by atoms with Crippen molar-refractivity contribution in [2.24, 2.45) is 11.8 Å². The maximum atomic E-state index is 12.2. The van der Waals surface area contributed by atoms with Crippen LogP contribution in [0.15, 0.2) is 60.7 Å². The van der Waals surface area contributed by atoms with Gasteiger partial charge in [0.15, 0.2) is 0 Å². The molecule has 48 heavy (non-hydrogen) atoms. The summed E-state index contributed by atoms with van der Waals surface area (Å²) in [4.78, 5) is 0. The van der Waals surface area contributed by atoms with Gasteiger partial charge in [-0.25, -0.2) is 0 Å². The van der Waals surface area contributed by atoms with Crippen LogP contribution in [0.3, 0.4) is 0 Å². The van der Waals surface area contributed by atoms with Crippen LogP contribution in [0.25, 0.3) is 21.5 Å². The molecule has 9 rings (SSSR count). The average molecular weight is 645 g/mol. The molecular weight excluding hydrogens is 592 g/mol. The molecule has 6 heteroatoms. The molecule has 5 aliphatic rings. The highest BCUT2D eigenvalue weighted by atomic mass is 16.3. The van der Waals surface area contributed by atoms with E-state index in [2.05, 4.69) is 95.8 Å². The fourth-order valence-corrected chi connectivity index (χ4v) is 10.8. The third kappa shape index (κ3) is 4.44. The molecule has 6 N–H and O–H groups in total. The van der Waals surface area contributed by atoms with Crippen LogP contribution in [0.1, 0.15) is 114 Å². The predicted molar refractivity (Wildman–Crippen MR) is 199 cm³/mol. The van der Waals surface area contributed by atoms with Gasteiger partial charge in [0.1, 0.15) is 11.3 Å². The smallest absolute Gasteiger partial charge is 0.110 e. The van der Waals surface area contributed by atoms with E-state index in [4.69, 9.17) is 0 Å². The minimum absolute atomic E-state index is 0.241. The zero-order valence-electron chi connectivity index (χ0n) is 28.6. The largest absolute Gasteiger partial charge is 0.392 e. The minimum Gasteiger partial charge on any atom is -0.392 e. The fourth-order valence-electron chi connectivity index (χ4n) is 10.8. The molecule has 0 bridgehead atoms. The number of aliphatic hydroxyl groups excluding tert-OH is 2. The van der Waals surface area contributed by atoms with Crippen LogP contribution >= 0.6 is 0 Å². The van der Waals surface area contributed by atoms with Gasteiger partial charge in [-0.15, -0.1) is 0 Å². The van der Waals surface area contributed by atoms with Gasteiger partial charge in [-0.1, -0.05) is 101 Å². The number of nitrogens with one attached hydrogen (secondary N) is 4. The van der Waals surface area contributed by atoms with E-state index in [-0.39, 0.29) is 23.2 Å². The molecule has 3 aliphatic carbocycles. The standard InChI is InChI=1S/C42H52N4O2/c1-3-41(27-15-7-5-8-16-27)43-31-19-11-13-25-21-23-29(37(45-41)33(25)31)35-39(47)36(40(35)48)30-24-22-26-14-12-20-32-34(26)38(30)46-42(4-2,44-32)28-17-9-6-10-18-28/h11-14,19-24,27-28,35-36,39-40,43-48H,3-10,15-18H2,1-2H3. The summed E-state index contributed by atoms with van der Waals surface area (Å²) in [6.07, 6.45) is 13.1. The minimum atomic E-state index is -0.702. The maximum absolute atomic E-state index is 12.2. The third-order valence-electron chi connectivity index (χ3n) is 13.5. The number of aliphatic hydroxyl groups is 2. The molecule has 6 nitrogen and oxygen atoms in total. The van der Waals surface area contributed by atoms with Crippen molar-refractivity contribution in [3.8, 4) is 0 Å². The molecule has 0 saturated heterocycles. The molecular formula is C42H52N4O2. The van der Waals surface area contributed by atoms with E-state index < -0.39 is 12.2 Å². The first-order valence-corrected chi connectivity index (χ1v) is 19.1. The van der Waals surface area contributed by atoms with Gasteiger partial charge in [0, 0.05) is 57.2 Å². The van der Waals surface area contributed by atoms with E-state index in [0.717, 1.165) is 46.7 Å². The molecule has 2 unspecified atom stereocenters. The van der Waals surface area contributed by atoms with Crippen molar-refractivity contribution in [1.82, 2.24) is 0 Å². The van der Waals surface area contributed by atoms with Crippen molar-refractivity contribution >= 4 is 44.3 Å². The summed E-state index contributed by atoms with van der Waals surface area (Å²) in [5.74, 6) is 0.310. The van der Waals surface area contributed by atoms with Gasteiger partial charge < -0.3 is 31.5 Å². The Morgan fingerprint density at radius 1 is 0.542 bits per heavy atom. The molecule has 3 fully saturated rings. The molecule has 0 amide bonds. The van der Waals surface area contributed by atoms with E-state index in [0.29, 0.717) is 11.8 Å². The number of benzene rings is 4. The lowest BCUT2D eigenvalue weighted by Crippen LogP contribution is -2.56. The van der Waals surface area contributed by atoms with Crippen molar-refractivity contribution in [3.05, 3.63) is 71.8 Å². The number of rotatable bonds is 6. The second-order valence-corrected chi connectivity index (χ2v) is 15.7. The first-order chi connectivity index (χ1) is 23.5. The van der Waals surface area contributed by atoms with Gasteiger partial charge >= 0.3 is 0 Å². The Hall–Kier alpha value is -3.48. The maximum Gasteiger partial charge on any atom is 0.110 e. The van der Waals surface area contributed by atoms with Crippen molar-refractivity contribution in [2.75, 3.05) is 21.3 Å². The molecule has 2 aliphatic heterocycles. The summed E-state index contributed by atoms with van der Waals surface area (Å²) >= 11 is 0. The predicted octanol–water partition coefficient (Wildman–Crippen LogP) is 9.64. The molecule has 0 radical (unpaired) electrons. The first-order valence-electron chi connectivity index (χ1n) is 19.1. The van der Waals surface area contributed by atoms with Crippen molar-refractivity contribution in [2.45, 2.75) is 126 Å². The number of hydrogen-bond acceptors (Lipinski definition) is 6. The van der Waals surface area contributed by atoms with Crippen molar-refractivity contribution < 1.29 is 10.2 Å². The van der Waals surface area contributed by atoms with Crippen LogP contribution in [-0.4, -0.2) is 33.7 Å². The lowest BCUT2D eigenvalue weighted by molar-refractivity contribution is -0.0781. The Bertz CT molecular complexity index is 1720. The summed E-state index contributed by atoms with van der Waals surface area (Å²) in [6, 6.07) is 21.8. The number of hydrogen-bond donors (Lipinski definition) is 6. The normalized spacial score (nSPS) is 31.8. The molecule has 4 aromatic rings. The van der Waals surface area contributed by atoms with Gasteiger partial charge in [-0.05, 0) is 72.6 Å². The highest BCUT2D eigenvalue weighted by Crippen LogP contribution is 2.57. The SMILES string of the molecule is CCC1(C2CCCCC2)Nc2cccc3ccc(C4C(O)C(c5ccc6cccc7c6c5NC(CC)(C5CCCCC5)N7)C4O)c(c23)N1. The van der Waals surface area contributed by atoms with E-state index in [1.165, 1.54) is 85.8 Å². The Labute approximate surface area is 285 Å². The second-order valence-electron chi connectivity index (χ2n) is 15.7. The van der Waals surface area contributed by atoms with Crippen LogP contribution in [0.4, 0.5) is 22.7 Å². The molecule has 3 saturated carbocycles. The van der Waals surface area contributed by atoms with Gasteiger partial charge in [0.2, 0.25) is 0 Å². The van der Waals surface area contributed by atoms with E-state index in [1.807, 2.05) is 0 Å². The van der Waals surface area contributed by atoms with Crippen LogP contribution in [0.5, 0.6) is 0 Å². The van der Waals surface area contributed by atoms with Crippen LogP contribution in [-0.2, 0) is 0 Å². The lowest BCUT2D eigenvalue weighted by atomic mass is 9.62. The summed E-state index contributed by atoms with van der Waals surface area (Å²) in [7, 11) is 0. The molecule has 4 aromatic carbocycles. The number of anilines is 4. The third-order valence-corrected chi connectivity index (χ3v) is 13.5. The molecule has 0 aromatic heterocycles. The highest BCUT2D eigenvalue weighted by Gasteiger charge is 2.54. The van der Waals surface area contributed by atoms with Crippen LogP contribution < -0.4 is 21.3 Å². The molecule has 2 heterocycles. The van der Waals surface area contributed by atoms with E-state index in [1.54, 1.807) is 0 Å². The zero-order valence-corrected chi connectivity index (χ0v) is 28.6. The summed E-state index contributed by atoms with van der Waals surface area (Å²) in [5, 5.41) is 45.3. The summed E-state index contributed by atoms with van der Waals surface area (Å²) in [6.45, 7) is 4.58. The van der Waals surface area contributed by atoms with Crippen LogP contribution in [0.2, 0.25) is 0 Å². The van der Waals surface area contributed by atoms with E-state index in [9.17, 15) is 10.2 Å². The van der Waals surface area contributed by atoms with Crippen molar-refractivity contribution in [3.63, 3.8) is 0 Å². The Kier molecular flexibility index (Phi) is 7.36. The Morgan fingerprint density at radius 3 is 1.35 bits per heavy atom. The quantitative estimate of drug-likeness (QED) is 0.125. The molecule has 252 valence electrons. The monoisotopic (exact) mass is 644 g/mol. The van der Waals surface area contributed by atoms with Gasteiger partial charge in [0.05, 0.1) is 12.2 Å². The van der Waals surface area contributed by atoms with Gasteiger partial charge in [-0.3, -0.25) is 0 Å². The summed E-state index contributed by atoms with van der Waals surface area (Å²) < 4.78 is 0. The second kappa shape index (κ2) is 11.6. The van der Waals surface area contributed by atoms with Crippen molar-refractivity contribution in [1.29, 1.82) is 0 Å². The fraction of sp³-hybridized carbons (Fsp3) is 0.524. The summed E-state index contributed by atoms with van der Waals surface area (Å²) in [5.41, 5.74) is 6.12. The Balaban J connectivity index is 1.11. The Morgan fingerprint density at radius 2 is 0.958 bits per heavy atom. The average Bonchev–Trinajstić information content (AvgIpc) is 3.14. The van der Waals surface area contributed by atoms with Gasteiger partial charge in [-0.2, -0.15) is 0 Å². The first kappa shape index (κ1) is 30.6. The molecule has 2 atom stereocenters. The van der Waals surface area contributed by atoms with Gasteiger partial charge in [0.25, 0.3) is 0 Å². The molecule has 0 spiro atoms. The lowest BCUT2D eigenvalue weighted by Gasteiger charge is -2.52. The van der Waals surface area contributed by atoms with Crippen LogP contribution in [0, 0.1) is 11.8 Å².